The molecule has 0 spiro atoms. The van der Waals surface area contributed by atoms with Gasteiger partial charge in [0.05, 0.1) is 11.2 Å². The minimum atomic E-state index is 0.258. The molecule has 0 aromatic carbocycles. The minimum Gasteiger partial charge on any atom is -0.327 e. The zero-order valence-corrected chi connectivity index (χ0v) is 9.68. The van der Waals surface area contributed by atoms with Crippen LogP contribution < -0.4 is 11.1 Å². The lowest BCUT2D eigenvalue weighted by atomic mass is 10.0. The predicted molar refractivity (Wildman–Crippen MR) is 61.3 cm³/mol. The number of thiazole rings is 1. The Hall–Kier alpha value is -0.450. The monoisotopic (exact) mass is 213 g/mol. The molecule has 1 unspecified atom stereocenters. The zero-order chi connectivity index (χ0) is 10.4. The van der Waals surface area contributed by atoms with E-state index in [1.54, 1.807) is 11.3 Å². The lowest BCUT2D eigenvalue weighted by Gasteiger charge is -2.14. The van der Waals surface area contributed by atoms with Gasteiger partial charge in [0.25, 0.3) is 0 Å². The Morgan fingerprint density at radius 1 is 1.57 bits per heavy atom. The quantitative estimate of drug-likeness (QED) is 0.755. The normalized spacial score (nSPS) is 13.4. The summed E-state index contributed by atoms with van der Waals surface area (Å²) >= 11 is 1.63. The van der Waals surface area contributed by atoms with Crippen molar-refractivity contribution in [2.75, 3.05) is 6.54 Å². The Morgan fingerprint density at radius 2 is 2.36 bits per heavy atom. The van der Waals surface area contributed by atoms with E-state index in [-0.39, 0.29) is 6.04 Å². The number of aromatic nitrogens is 1. The molecular formula is C10H19N3S. The van der Waals surface area contributed by atoms with Crippen molar-refractivity contribution in [1.82, 2.24) is 10.3 Å². The molecule has 14 heavy (non-hydrogen) atoms. The smallest absolute Gasteiger partial charge is 0.0795 e. The van der Waals surface area contributed by atoms with E-state index in [2.05, 4.69) is 29.5 Å². The highest BCUT2D eigenvalue weighted by molar-refractivity contribution is 7.07. The molecule has 0 saturated heterocycles. The molecule has 1 atom stereocenters. The Labute approximate surface area is 89.7 Å². The van der Waals surface area contributed by atoms with Crippen molar-refractivity contribution >= 4 is 11.3 Å². The van der Waals surface area contributed by atoms with Crippen LogP contribution >= 0.6 is 11.3 Å². The van der Waals surface area contributed by atoms with Crippen LogP contribution in [0.4, 0.5) is 0 Å². The molecule has 0 bridgehead atoms. The summed E-state index contributed by atoms with van der Waals surface area (Å²) in [5.74, 6) is 0.672. The molecule has 0 aliphatic heterocycles. The Balaban J connectivity index is 2.09. The summed E-state index contributed by atoms with van der Waals surface area (Å²) in [6, 6.07) is 0.258. The Bertz CT molecular complexity index is 234. The van der Waals surface area contributed by atoms with Crippen LogP contribution in [0.2, 0.25) is 0 Å². The fourth-order valence-electron chi connectivity index (χ4n) is 1.40. The van der Waals surface area contributed by atoms with Gasteiger partial charge in [-0.3, -0.25) is 0 Å². The molecule has 4 heteroatoms. The fourth-order valence-corrected chi connectivity index (χ4v) is 1.96. The predicted octanol–water partition coefficient (Wildman–Crippen LogP) is 1.61. The summed E-state index contributed by atoms with van der Waals surface area (Å²) < 4.78 is 0. The van der Waals surface area contributed by atoms with Crippen LogP contribution in [0.25, 0.3) is 0 Å². The topological polar surface area (TPSA) is 50.9 Å². The summed E-state index contributed by atoms with van der Waals surface area (Å²) in [5.41, 5.74) is 8.89. The number of nitrogens with one attached hydrogen (secondary N) is 1. The maximum Gasteiger partial charge on any atom is 0.0795 e. The van der Waals surface area contributed by atoms with Gasteiger partial charge in [-0.25, -0.2) is 4.98 Å². The van der Waals surface area contributed by atoms with Gasteiger partial charge in [0, 0.05) is 24.5 Å². The van der Waals surface area contributed by atoms with Crippen LogP contribution in [0.3, 0.4) is 0 Å². The largest absolute Gasteiger partial charge is 0.327 e. The first-order valence-corrected chi connectivity index (χ1v) is 5.96. The van der Waals surface area contributed by atoms with Crippen molar-refractivity contribution in [3.05, 3.63) is 16.6 Å². The second kappa shape index (κ2) is 6.11. The van der Waals surface area contributed by atoms with Gasteiger partial charge in [0.15, 0.2) is 0 Å². The molecule has 1 heterocycles. The summed E-state index contributed by atoms with van der Waals surface area (Å²) in [6.07, 6.45) is 1.07. The lowest BCUT2D eigenvalue weighted by molar-refractivity contribution is 0.466. The Morgan fingerprint density at radius 3 is 2.93 bits per heavy atom. The zero-order valence-electron chi connectivity index (χ0n) is 8.86. The first-order valence-electron chi connectivity index (χ1n) is 5.02. The van der Waals surface area contributed by atoms with Gasteiger partial charge in [-0.15, -0.1) is 11.3 Å². The van der Waals surface area contributed by atoms with E-state index in [1.165, 1.54) is 0 Å². The SMILES string of the molecule is CC(C)CC(N)CNCc1cscn1. The number of nitrogens with zero attached hydrogens (tertiary/aromatic N) is 1. The molecule has 1 rings (SSSR count). The van der Waals surface area contributed by atoms with Gasteiger partial charge in [-0.2, -0.15) is 0 Å². The molecule has 0 fully saturated rings. The molecule has 1 aromatic heterocycles. The molecule has 3 N–H and O–H groups in total. The van der Waals surface area contributed by atoms with Crippen molar-refractivity contribution in [2.45, 2.75) is 32.9 Å². The highest BCUT2D eigenvalue weighted by Gasteiger charge is 2.04. The average molecular weight is 213 g/mol. The third-order valence-electron chi connectivity index (χ3n) is 1.97. The second-order valence-corrected chi connectivity index (χ2v) is 4.72. The number of hydrogen-bond acceptors (Lipinski definition) is 4. The standard InChI is InChI=1S/C10H19N3S/c1-8(2)3-9(11)4-12-5-10-6-14-7-13-10/h6-9,12H,3-5,11H2,1-2H3. The number of hydrogen-bond donors (Lipinski definition) is 2. The van der Waals surface area contributed by atoms with Gasteiger partial charge in [-0.05, 0) is 12.3 Å². The van der Waals surface area contributed by atoms with E-state index in [1.807, 2.05) is 5.51 Å². The van der Waals surface area contributed by atoms with E-state index < -0.39 is 0 Å². The highest BCUT2D eigenvalue weighted by Crippen LogP contribution is 2.02. The van der Waals surface area contributed by atoms with Crippen LogP contribution in [-0.4, -0.2) is 17.6 Å². The van der Waals surface area contributed by atoms with Crippen molar-refractivity contribution in [2.24, 2.45) is 11.7 Å². The maximum atomic E-state index is 5.93. The van der Waals surface area contributed by atoms with Crippen molar-refractivity contribution in [3.8, 4) is 0 Å². The molecular weight excluding hydrogens is 194 g/mol. The van der Waals surface area contributed by atoms with Crippen molar-refractivity contribution in [1.29, 1.82) is 0 Å². The minimum absolute atomic E-state index is 0.258. The average Bonchev–Trinajstić information content (AvgIpc) is 2.55. The second-order valence-electron chi connectivity index (χ2n) is 4.00. The van der Waals surface area contributed by atoms with Gasteiger partial charge >= 0.3 is 0 Å². The van der Waals surface area contributed by atoms with Crippen LogP contribution in [0, 0.1) is 5.92 Å². The van der Waals surface area contributed by atoms with Crippen molar-refractivity contribution < 1.29 is 0 Å². The van der Waals surface area contributed by atoms with E-state index in [9.17, 15) is 0 Å². The van der Waals surface area contributed by atoms with Gasteiger partial charge in [-0.1, -0.05) is 13.8 Å². The third-order valence-corrected chi connectivity index (χ3v) is 2.61. The molecule has 0 amide bonds. The third kappa shape index (κ3) is 4.69. The van der Waals surface area contributed by atoms with E-state index in [0.717, 1.165) is 25.2 Å². The lowest BCUT2D eigenvalue weighted by Crippen LogP contribution is -2.34. The molecule has 0 radical (unpaired) electrons. The van der Waals surface area contributed by atoms with Gasteiger partial charge in [0.2, 0.25) is 0 Å². The summed E-state index contributed by atoms with van der Waals surface area (Å²) in [6.45, 7) is 6.09. The number of nitrogens with two attached hydrogens (primary N) is 1. The molecule has 0 aliphatic rings. The van der Waals surface area contributed by atoms with Gasteiger partial charge in [0.1, 0.15) is 0 Å². The van der Waals surface area contributed by atoms with Crippen LogP contribution in [0.5, 0.6) is 0 Å². The van der Waals surface area contributed by atoms with Crippen LogP contribution in [-0.2, 0) is 6.54 Å². The highest BCUT2D eigenvalue weighted by atomic mass is 32.1. The molecule has 80 valence electrons. The Kier molecular flexibility index (Phi) is 5.07. The molecule has 0 aliphatic carbocycles. The summed E-state index contributed by atoms with van der Waals surface area (Å²) in [7, 11) is 0. The van der Waals surface area contributed by atoms with E-state index in [0.29, 0.717) is 5.92 Å². The van der Waals surface area contributed by atoms with E-state index in [4.69, 9.17) is 5.73 Å². The fraction of sp³-hybridized carbons (Fsp3) is 0.700. The van der Waals surface area contributed by atoms with Crippen molar-refractivity contribution in [3.63, 3.8) is 0 Å². The van der Waals surface area contributed by atoms with Gasteiger partial charge < -0.3 is 11.1 Å². The first-order chi connectivity index (χ1) is 6.68. The molecule has 1 aromatic rings. The van der Waals surface area contributed by atoms with Crippen LogP contribution in [0.15, 0.2) is 10.9 Å². The number of rotatable bonds is 6. The first kappa shape index (κ1) is 11.6. The van der Waals surface area contributed by atoms with E-state index >= 15 is 0 Å². The molecule has 0 saturated carbocycles. The molecule has 3 nitrogen and oxygen atoms in total. The van der Waals surface area contributed by atoms with Crippen LogP contribution in [0.1, 0.15) is 26.0 Å². The summed E-state index contributed by atoms with van der Waals surface area (Å²) in [4.78, 5) is 4.19. The summed E-state index contributed by atoms with van der Waals surface area (Å²) in [5, 5.41) is 5.37. The maximum absolute atomic E-state index is 5.93.